The Morgan fingerprint density at radius 2 is 2.11 bits per heavy atom. The summed E-state index contributed by atoms with van der Waals surface area (Å²) in [6.45, 7) is 2.48. The lowest BCUT2D eigenvalue weighted by molar-refractivity contribution is 0.0520. The third kappa shape index (κ3) is 4.05. The second-order valence-corrected chi connectivity index (χ2v) is 6.77. The zero-order chi connectivity index (χ0) is 19.4. The molecule has 0 fully saturated rings. The molecule has 27 heavy (non-hydrogen) atoms. The molecule has 8 heteroatoms. The number of methoxy groups -OCH3 is 1. The highest BCUT2D eigenvalue weighted by Crippen LogP contribution is 2.42. The van der Waals surface area contributed by atoms with Crippen LogP contribution in [0.2, 0.25) is 5.15 Å². The van der Waals surface area contributed by atoms with Gasteiger partial charge in [0.2, 0.25) is 0 Å². The van der Waals surface area contributed by atoms with Gasteiger partial charge in [0.25, 0.3) is 0 Å². The van der Waals surface area contributed by atoms with Gasteiger partial charge in [-0.1, -0.05) is 11.6 Å². The van der Waals surface area contributed by atoms with Crippen molar-refractivity contribution in [2.75, 3.05) is 26.9 Å². The fraction of sp³-hybridized carbons (Fsp3) is 0.263. The summed E-state index contributed by atoms with van der Waals surface area (Å²) in [4.78, 5) is 16.8. The lowest BCUT2D eigenvalue weighted by Gasteiger charge is -2.15. The van der Waals surface area contributed by atoms with E-state index in [-0.39, 0.29) is 29.8 Å². The standard InChI is InChI=1S/C19H17ClFNO4S/c1-3-25-19(23)16-15(17-13(6-9-27-17)18(20)22-16)12-5-4-11(21)10-14(12)26-8-7-24-2/h4-6,9-10H,3,7-8H2,1-2H3. The van der Waals surface area contributed by atoms with Gasteiger partial charge in [0.1, 0.15) is 23.3 Å². The Balaban J connectivity index is 2.24. The minimum absolute atomic E-state index is 0.0694. The number of aromatic nitrogens is 1. The summed E-state index contributed by atoms with van der Waals surface area (Å²) in [5, 5.41) is 2.77. The molecule has 0 saturated heterocycles. The Kier molecular flexibility index (Phi) is 6.26. The molecule has 3 aromatic rings. The number of hydrogen-bond acceptors (Lipinski definition) is 6. The van der Waals surface area contributed by atoms with Crippen molar-refractivity contribution in [1.82, 2.24) is 4.98 Å². The molecule has 0 aliphatic heterocycles. The average molecular weight is 410 g/mol. The highest BCUT2D eigenvalue weighted by molar-refractivity contribution is 7.18. The van der Waals surface area contributed by atoms with Crippen LogP contribution in [0.4, 0.5) is 4.39 Å². The van der Waals surface area contributed by atoms with E-state index >= 15 is 0 Å². The highest BCUT2D eigenvalue weighted by Gasteiger charge is 2.24. The van der Waals surface area contributed by atoms with Gasteiger partial charge in [-0.3, -0.25) is 0 Å². The predicted molar refractivity (Wildman–Crippen MR) is 103 cm³/mol. The number of ether oxygens (including phenoxy) is 3. The van der Waals surface area contributed by atoms with E-state index in [1.54, 1.807) is 20.1 Å². The molecule has 1 aromatic carbocycles. The molecule has 0 atom stereocenters. The molecule has 0 N–H and O–H groups in total. The topological polar surface area (TPSA) is 57.7 Å². The maximum atomic E-state index is 13.8. The molecular formula is C19H17ClFNO4S. The van der Waals surface area contributed by atoms with Crippen LogP contribution in [0.5, 0.6) is 5.75 Å². The van der Waals surface area contributed by atoms with Crippen molar-refractivity contribution in [3.8, 4) is 16.9 Å². The minimum Gasteiger partial charge on any atom is -0.490 e. The van der Waals surface area contributed by atoms with Gasteiger partial charge in [-0.05, 0) is 30.5 Å². The number of benzene rings is 1. The van der Waals surface area contributed by atoms with Crippen LogP contribution in [0.3, 0.4) is 0 Å². The molecule has 0 aliphatic carbocycles. The van der Waals surface area contributed by atoms with Crippen LogP contribution in [0.1, 0.15) is 17.4 Å². The number of pyridine rings is 1. The average Bonchev–Trinajstić information content (AvgIpc) is 3.13. The van der Waals surface area contributed by atoms with Gasteiger partial charge in [-0.15, -0.1) is 11.3 Å². The molecule has 0 saturated carbocycles. The van der Waals surface area contributed by atoms with E-state index in [0.717, 1.165) is 4.70 Å². The van der Waals surface area contributed by atoms with Gasteiger partial charge in [0.15, 0.2) is 5.69 Å². The van der Waals surface area contributed by atoms with Gasteiger partial charge in [0.05, 0.1) is 13.2 Å². The van der Waals surface area contributed by atoms with E-state index in [2.05, 4.69) is 4.98 Å². The van der Waals surface area contributed by atoms with Gasteiger partial charge in [-0.2, -0.15) is 0 Å². The molecular weight excluding hydrogens is 393 g/mol. The minimum atomic E-state index is -0.600. The molecule has 0 unspecified atom stereocenters. The smallest absolute Gasteiger partial charge is 0.357 e. The van der Waals surface area contributed by atoms with E-state index in [4.69, 9.17) is 25.8 Å². The van der Waals surface area contributed by atoms with Crippen LogP contribution in [-0.4, -0.2) is 37.9 Å². The normalized spacial score (nSPS) is 11.0. The monoisotopic (exact) mass is 409 g/mol. The summed E-state index contributed by atoms with van der Waals surface area (Å²) in [7, 11) is 1.55. The van der Waals surface area contributed by atoms with Gasteiger partial charge in [-0.25, -0.2) is 14.2 Å². The van der Waals surface area contributed by atoms with Crippen molar-refractivity contribution < 1.29 is 23.4 Å². The molecule has 0 bridgehead atoms. The first-order valence-corrected chi connectivity index (χ1v) is 9.48. The quantitative estimate of drug-likeness (QED) is 0.313. The molecule has 142 valence electrons. The van der Waals surface area contributed by atoms with Crippen LogP contribution in [0, 0.1) is 5.82 Å². The summed E-state index contributed by atoms with van der Waals surface area (Å²) in [5.41, 5.74) is 1.11. The lowest BCUT2D eigenvalue weighted by atomic mass is 10.0. The SMILES string of the molecule is CCOC(=O)c1nc(Cl)c2ccsc2c1-c1ccc(F)cc1OCCOC. The Labute approximate surface area is 164 Å². The third-order valence-electron chi connectivity index (χ3n) is 3.79. The summed E-state index contributed by atoms with van der Waals surface area (Å²) in [5.74, 6) is -0.763. The number of rotatable bonds is 7. The molecule has 0 spiro atoms. The van der Waals surface area contributed by atoms with Crippen molar-refractivity contribution in [3.05, 3.63) is 46.3 Å². The maximum absolute atomic E-state index is 13.8. The Hall–Kier alpha value is -2.22. The maximum Gasteiger partial charge on any atom is 0.357 e. The van der Waals surface area contributed by atoms with Crippen LogP contribution in [-0.2, 0) is 9.47 Å². The van der Waals surface area contributed by atoms with E-state index in [1.165, 1.54) is 23.5 Å². The first-order chi connectivity index (χ1) is 13.1. The molecule has 0 aliphatic rings. The summed E-state index contributed by atoms with van der Waals surface area (Å²) >= 11 is 7.66. The zero-order valence-corrected chi connectivity index (χ0v) is 16.3. The van der Waals surface area contributed by atoms with Crippen molar-refractivity contribution >= 4 is 39.0 Å². The van der Waals surface area contributed by atoms with Crippen molar-refractivity contribution in [2.45, 2.75) is 6.92 Å². The summed E-state index contributed by atoms with van der Waals surface area (Å²) in [6.07, 6.45) is 0. The van der Waals surface area contributed by atoms with Crippen LogP contribution >= 0.6 is 22.9 Å². The van der Waals surface area contributed by atoms with Crippen molar-refractivity contribution in [3.63, 3.8) is 0 Å². The number of fused-ring (bicyclic) bond motifs is 1. The number of carbonyl (C=O) groups is 1. The van der Waals surface area contributed by atoms with Crippen LogP contribution in [0.15, 0.2) is 29.6 Å². The number of hydrogen-bond donors (Lipinski definition) is 0. The van der Waals surface area contributed by atoms with Crippen LogP contribution in [0.25, 0.3) is 21.2 Å². The highest BCUT2D eigenvalue weighted by atomic mass is 35.5. The predicted octanol–water partition coefficient (Wildman–Crippen LogP) is 4.96. The zero-order valence-electron chi connectivity index (χ0n) is 14.8. The van der Waals surface area contributed by atoms with Crippen molar-refractivity contribution in [2.24, 2.45) is 0 Å². The Morgan fingerprint density at radius 3 is 2.85 bits per heavy atom. The summed E-state index contributed by atoms with van der Waals surface area (Å²) in [6, 6.07) is 5.96. The first kappa shape index (κ1) is 19.5. The Morgan fingerprint density at radius 1 is 1.30 bits per heavy atom. The molecule has 2 heterocycles. The first-order valence-electron chi connectivity index (χ1n) is 8.22. The number of carbonyl (C=O) groups excluding carboxylic acids is 1. The molecule has 2 aromatic heterocycles. The summed E-state index contributed by atoms with van der Waals surface area (Å²) < 4.78 is 30.4. The fourth-order valence-corrected chi connectivity index (χ4v) is 3.90. The van der Waals surface area contributed by atoms with Crippen LogP contribution < -0.4 is 4.74 Å². The second-order valence-electron chi connectivity index (χ2n) is 5.49. The van der Waals surface area contributed by atoms with Gasteiger partial charge < -0.3 is 14.2 Å². The molecule has 3 rings (SSSR count). The van der Waals surface area contributed by atoms with E-state index in [0.29, 0.717) is 23.1 Å². The fourth-order valence-electron chi connectivity index (χ4n) is 2.64. The van der Waals surface area contributed by atoms with E-state index < -0.39 is 11.8 Å². The van der Waals surface area contributed by atoms with Gasteiger partial charge in [0, 0.05) is 34.4 Å². The van der Waals surface area contributed by atoms with Gasteiger partial charge >= 0.3 is 5.97 Å². The second kappa shape index (κ2) is 8.65. The molecule has 0 amide bonds. The van der Waals surface area contributed by atoms with Crippen molar-refractivity contribution in [1.29, 1.82) is 0 Å². The van der Waals surface area contributed by atoms with E-state index in [9.17, 15) is 9.18 Å². The molecule has 5 nitrogen and oxygen atoms in total. The molecule has 0 radical (unpaired) electrons. The largest absolute Gasteiger partial charge is 0.490 e. The van der Waals surface area contributed by atoms with E-state index in [1.807, 2.05) is 11.4 Å². The number of halogens is 2. The Bertz CT molecular complexity index is 976. The number of thiophene rings is 1. The number of esters is 1. The lowest BCUT2D eigenvalue weighted by Crippen LogP contribution is -2.11. The third-order valence-corrected chi connectivity index (χ3v) is 5.01. The number of nitrogens with zero attached hydrogens (tertiary/aromatic N) is 1.